The average Bonchev–Trinajstić information content (AvgIpc) is 1.85. The van der Waals surface area contributed by atoms with Gasteiger partial charge in [-0.15, -0.1) is 0 Å². The molecule has 0 fully saturated rings. The Labute approximate surface area is 80.7 Å². The van der Waals surface area contributed by atoms with Gasteiger partial charge in [-0.2, -0.15) is 5.26 Å². The highest BCUT2D eigenvalue weighted by molar-refractivity contribution is 9.18. The fourth-order valence-electron chi connectivity index (χ4n) is 0.735. The smallest absolute Gasteiger partial charge is 0.133 e. The molecule has 0 saturated heterocycles. The zero-order valence-electron chi connectivity index (χ0n) is 5.37. The van der Waals surface area contributed by atoms with Gasteiger partial charge < -0.3 is 10.3 Å². The molecule has 0 spiro atoms. The highest BCUT2D eigenvalue weighted by Crippen LogP contribution is 2.19. The first-order valence-corrected chi connectivity index (χ1v) is 4.55. The fourth-order valence-corrected chi connectivity index (χ4v) is 2.11. The first kappa shape index (κ1) is 9.13. The van der Waals surface area contributed by atoms with Crippen molar-refractivity contribution in [3.63, 3.8) is 0 Å². The molecule has 0 aromatic rings. The van der Waals surface area contributed by atoms with Crippen LogP contribution in [0.3, 0.4) is 0 Å². The van der Waals surface area contributed by atoms with Gasteiger partial charge in [0.25, 0.3) is 0 Å². The quantitative estimate of drug-likeness (QED) is 0.495. The van der Waals surface area contributed by atoms with Crippen LogP contribution in [0.1, 0.15) is 0 Å². The van der Waals surface area contributed by atoms with E-state index in [4.69, 9.17) is 5.26 Å². The van der Waals surface area contributed by atoms with Crippen molar-refractivity contribution in [3.8, 4) is 6.07 Å². The lowest BCUT2D eigenvalue weighted by Gasteiger charge is -2.36. The monoisotopic (exact) mass is 280 g/mol. The molecule has 0 radical (unpaired) electrons. The van der Waals surface area contributed by atoms with E-state index in [-0.39, 0.29) is 6.54 Å². The summed E-state index contributed by atoms with van der Waals surface area (Å²) in [5.74, 6) is 0. The molecule has 1 heterocycles. The maximum absolute atomic E-state index is 11.0. The van der Waals surface area contributed by atoms with Crippen LogP contribution in [0.15, 0.2) is 4.99 Å². The van der Waals surface area contributed by atoms with Crippen molar-refractivity contribution in [2.24, 2.45) is 4.99 Å². The topological polar surface area (TPSA) is 62.5 Å². The van der Waals surface area contributed by atoms with Gasteiger partial charge in [-0.25, -0.2) is 0 Å². The first-order valence-electron chi connectivity index (χ1n) is 2.85. The molecule has 0 bridgehead atoms. The molecular formula is C5H4Br2N3O-. The second-order valence-electron chi connectivity index (χ2n) is 2.03. The van der Waals surface area contributed by atoms with Crippen LogP contribution in [0.5, 0.6) is 0 Å². The van der Waals surface area contributed by atoms with Crippen molar-refractivity contribution in [2.75, 3.05) is 6.54 Å². The van der Waals surface area contributed by atoms with E-state index in [1.54, 1.807) is 0 Å². The summed E-state index contributed by atoms with van der Waals surface area (Å²) in [6, 6.07) is 1.15. The van der Waals surface area contributed by atoms with Crippen LogP contribution in [-0.2, 0) is 0 Å². The molecule has 11 heavy (non-hydrogen) atoms. The predicted molar refractivity (Wildman–Crippen MR) is 48.6 cm³/mol. The van der Waals surface area contributed by atoms with Crippen LogP contribution >= 0.6 is 31.9 Å². The van der Waals surface area contributed by atoms with Gasteiger partial charge in [0, 0.05) is 6.54 Å². The standard InChI is InChI=1S/C5H4Br2N3O/c6-4-2-10(11)3(1-8)5(7)9-4/h3,5H,2H2/q-1. The van der Waals surface area contributed by atoms with E-state index in [0.717, 1.165) is 0 Å². The molecule has 1 rings (SSSR count). The number of rotatable bonds is 0. The second kappa shape index (κ2) is 3.63. The lowest BCUT2D eigenvalue weighted by Crippen LogP contribution is -2.41. The van der Waals surface area contributed by atoms with Gasteiger partial charge in [0.15, 0.2) is 0 Å². The van der Waals surface area contributed by atoms with E-state index < -0.39 is 11.0 Å². The summed E-state index contributed by atoms with van der Waals surface area (Å²) in [5, 5.41) is 20.2. The van der Waals surface area contributed by atoms with Gasteiger partial charge in [0.1, 0.15) is 11.0 Å². The number of aliphatic imine (C=N–C) groups is 1. The molecule has 1 aliphatic heterocycles. The zero-order valence-corrected chi connectivity index (χ0v) is 8.54. The Morgan fingerprint density at radius 2 is 2.45 bits per heavy atom. The molecule has 0 amide bonds. The Hall–Kier alpha value is 0.0400. The van der Waals surface area contributed by atoms with E-state index in [2.05, 4.69) is 36.9 Å². The highest BCUT2D eigenvalue weighted by atomic mass is 79.9. The Balaban J connectivity index is 2.79. The molecule has 1 aliphatic rings. The molecule has 0 saturated carbocycles. The van der Waals surface area contributed by atoms with Crippen molar-refractivity contribution in [1.82, 2.24) is 5.06 Å². The maximum atomic E-state index is 11.0. The van der Waals surface area contributed by atoms with Gasteiger partial charge in [-0.1, -0.05) is 15.9 Å². The number of hydroxylamine groups is 2. The molecule has 0 aromatic heterocycles. The summed E-state index contributed by atoms with van der Waals surface area (Å²) in [6.45, 7) is 0.153. The minimum atomic E-state index is -0.712. The summed E-state index contributed by atoms with van der Waals surface area (Å²) in [7, 11) is 0. The molecule has 6 heteroatoms. The summed E-state index contributed by atoms with van der Waals surface area (Å²) in [4.78, 5) is 3.55. The number of nitrogens with zero attached hydrogens (tertiary/aromatic N) is 3. The molecule has 4 nitrogen and oxygen atoms in total. The van der Waals surface area contributed by atoms with E-state index >= 15 is 0 Å². The molecule has 60 valence electrons. The Bertz CT molecular complexity index is 224. The summed E-state index contributed by atoms with van der Waals surface area (Å²) in [5.41, 5.74) is 0. The molecule has 0 N–H and O–H groups in total. The lowest BCUT2D eigenvalue weighted by molar-refractivity contribution is 0.353. The Morgan fingerprint density at radius 1 is 1.82 bits per heavy atom. The predicted octanol–water partition coefficient (Wildman–Crippen LogP) is 1.21. The van der Waals surface area contributed by atoms with Crippen LogP contribution < -0.4 is 0 Å². The van der Waals surface area contributed by atoms with Crippen LogP contribution in [0.2, 0.25) is 0 Å². The van der Waals surface area contributed by atoms with Crippen LogP contribution in [0.4, 0.5) is 0 Å². The second-order valence-corrected chi connectivity index (χ2v) is 3.88. The number of nitriles is 1. The van der Waals surface area contributed by atoms with Crippen molar-refractivity contribution in [3.05, 3.63) is 5.21 Å². The Kier molecular flexibility index (Phi) is 3.01. The van der Waals surface area contributed by atoms with Crippen LogP contribution in [0.25, 0.3) is 0 Å². The van der Waals surface area contributed by atoms with Gasteiger partial charge in [0.05, 0.1) is 10.7 Å². The average molecular weight is 282 g/mol. The molecule has 2 unspecified atom stereocenters. The summed E-state index contributed by atoms with van der Waals surface area (Å²) < 4.78 is 0.570. The molecule has 0 aromatic carbocycles. The molecule has 2 atom stereocenters. The number of alkyl halides is 1. The highest BCUT2D eigenvalue weighted by Gasteiger charge is 2.24. The third kappa shape index (κ3) is 1.99. The Morgan fingerprint density at radius 3 is 2.91 bits per heavy atom. The number of hydrogen-bond donors (Lipinski definition) is 0. The number of hydrogen-bond acceptors (Lipinski definition) is 4. The third-order valence-corrected chi connectivity index (χ3v) is 2.41. The fraction of sp³-hybridized carbons (Fsp3) is 0.600. The lowest BCUT2D eigenvalue weighted by atomic mass is 10.3. The summed E-state index contributed by atoms with van der Waals surface area (Å²) in [6.07, 6.45) is 0. The largest absolute Gasteiger partial charge is 0.784 e. The summed E-state index contributed by atoms with van der Waals surface area (Å²) >= 11 is 6.21. The maximum Gasteiger partial charge on any atom is 0.133 e. The van der Waals surface area contributed by atoms with Crippen molar-refractivity contribution in [2.45, 2.75) is 11.0 Å². The minimum absolute atomic E-state index is 0.153. The van der Waals surface area contributed by atoms with Gasteiger partial charge >= 0.3 is 0 Å². The van der Waals surface area contributed by atoms with E-state index in [0.29, 0.717) is 9.68 Å². The molecular weight excluding hydrogens is 278 g/mol. The van der Waals surface area contributed by atoms with Crippen LogP contribution in [0, 0.1) is 16.5 Å². The number of halogens is 2. The molecule has 0 aliphatic carbocycles. The van der Waals surface area contributed by atoms with E-state index in [9.17, 15) is 5.21 Å². The minimum Gasteiger partial charge on any atom is -0.784 e. The zero-order chi connectivity index (χ0) is 8.43. The van der Waals surface area contributed by atoms with Gasteiger partial charge in [-0.3, -0.25) is 4.99 Å². The van der Waals surface area contributed by atoms with E-state index in [1.165, 1.54) is 0 Å². The van der Waals surface area contributed by atoms with E-state index in [1.807, 2.05) is 6.07 Å². The third-order valence-electron chi connectivity index (χ3n) is 1.25. The van der Waals surface area contributed by atoms with Crippen molar-refractivity contribution >= 4 is 36.5 Å². The van der Waals surface area contributed by atoms with Crippen molar-refractivity contribution in [1.29, 1.82) is 5.26 Å². The van der Waals surface area contributed by atoms with Gasteiger partial charge in [0.2, 0.25) is 0 Å². The van der Waals surface area contributed by atoms with Crippen LogP contribution in [-0.4, -0.2) is 27.2 Å². The van der Waals surface area contributed by atoms with Crippen molar-refractivity contribution < 1.29 is 0 Å². The van der Waals surface area contributed by atoms with Gasteiger partial charge in [-0.05, 0) is 15.9 Å². The first-order chi connectivity index (χ1) is 5.15. The normalized spacial score (nSPS) is 32.7. The SMILES string of the molecule is N#CC1C(Br)N=C(Br)CN1[O-].